The van der Waals surface area contributed by atoms with Crippen molar-refractivity contribution in [3.05, 3.63) is 0 Å². The highest BCUT2D eigenvalue weighted by Gasteiger charge is 1.69. The van der Waals surface area contributed by atoms with Crippen LogP contribution in [0, 0.1) is 23.7 Å². The van der Waals surface area contributed by atoms with Crippen LogP contribution in [0.2, 0.25) is 0 Å². The largest absolute Gasteiger partial charge is 0.198 e. The molecule has 0 saturated carbocycles. The van der Waals surface area contributed by atoms with Crippen LogP contribution in [0.5, 0.6) is 0 Å². The number of unbranched alkanes of at least 4 members (excludes halogenated alkanes) is 1. The molecule has 0 N–H and O–H groups in total. The van der Waals surface area contributed by atoms with Crippen LogP contribution >= 0.6 is 0 Å². The topological polar surface area (TPSA) is 23.8 Å². The summed E-state index contributed by atoms with van der Waals surface area (Å²) in [6, 6.07) is 1.93. The lowest BCUT2D eigenvalue weighted by Gasteiger charge is -1.67. The predicted octanol–water partition coefficient (Wildman–Crippen LogP) is 0.923. The van der Waals surface area contributed by atoms with Crippen molar-refractivity contribution in [2.75, 3.05) is 0 Å². The maximum Gasteiger partial charge on any atom is 0.0631 e. The summed E-state index contributed by atoms with van der Waals surface area (Å²) in [6.45, 7) is 0. The number of terminal acetylenes is 1. The molecule has 1 heteroatoms. The Hall–Kier alpha value is -0.950. The van der Waals surface area contributed by atoms with Crippen LogP contribution in [0.25, 0.3) is 0 Å². The summed E-state index contributed by atoms with van der Waals surface area (Å²) in [6.07, 6.45) is 5.88. The van der Waals surface area contributed by atoms with Gasteiger partial charge < -0.3 is 0 Å². The molecular formula is C5H5N. The summed E-state index contributed by atoms with van der Waals surface area (Å²) in [4.78, 5) is 0. The second-order valence-electron chi connectivity index (χ2n) is 0.862. The van der Waals surface area contributed by atoms with Gasteiger partial charge in [0.2, 0.25) is 0 Å². The van der Waals surface area contributed by atoms with Crippen LogP contribution in [0.3, 0.4) is 0 Å². The molecule has 0 aliphatic rings. The van der Waals surface area contributed by atoms with Crippen molar-refractivity contribution in [2.24, 2.45) is 0 Å². The fraction of sp³-hybridized carbons (Fsp3) is 0.400. The molecule has 0 fully saturated rings. The molecule has 0 aliphatic carbocycles. The molecule has 0 saturated heterocycles. The number of nitriles is 1. The molecule has 0 spiro atoms. The maximum absolute atomic E-state index is 7.85. The van der Waals surface area contributed by atoms with E-state index in [0.29, 0.717) is 12.8 Å². The lowest BCUT2D eigenvalue weighted by atomic mass is 10.4. The molecule has 0 aromatic carbocycles. The van der Waals surface area contributed by atoms with Crippen molar-refractivity contribution >= 4 is 0 Å². The Balaban J connectivity index is 2.78. The molecule has 0 heterocycles. The summed E-state index contributed by atoms with van der Waals surface area (Å²) in [5, 5.41) is 7.85. The van der Waals surface area contributed by atoms with E-state index in [2.05, 4.69) is 5.92 Å². The molecular weight excluding hydrogens is 74.1 g/mol. The Morgan fingerprint density at radius 3 is 2.33 bits per heavy atom. The van der Waals surface area contributed by atoms with Crippen molar-refractivity contribution in [3.8, 4) is 18.4 Å². The monoisotopic (exact) mass is 79.0 g/mol. The standard InChI is InChI=1S/C5H5N/c1-2-3-4-5-6/h1H,3-4H2. The smallest absolute Gasteiger partial charge is 0.0631 e. The molecule has 30 valence electrons. The highest BCUT2D eigenvalue weighted by molar-refractivity contribution is 4.87. The van der Waals surface area contributed by atoms with Gasteiger partial charge in [-0.2, -0.15) is 5.26 Å². The van der Waals surface area contributed by atoms with E-state index in [1.54, 1.807) is 0 Å². The second-order valence-corrected chi connectivity index (χ2v) is 0.862. The first kappa shape index (κ1) is 5.05. The molecule has 1 nitrogen and oxygen atoms in total. The van der Waals surface area contributed by atoms with Gasteiger partial charge in [0.05, 0.1) is 6.07 Å². The molecule has 0 unspecified atom stereocenters. The third-order valence-corrected chi connectivity index (χ3v) is 0.381. The van der Waals surface area contributed by atoms with Crippen molar-refractivity contribution in [1.82, 2.24) is 0 Å². The Bertz CT molecular complexity index is 77.5. The molecule has 6 heavy (non-hydrogen) atoms. The lowest BCUT2D eigenvalue weighted by molar-refractivity contribution is 1.10. The van der Waals surface area contributed by atoms with Gasteiger partial charge in [-0.05, 0) is 0 Å². The third kappa shape index (κ3) is 3.05. The zero-order valence-corrected chi connectivity index (χ0v) is 3.44. The van der Waals surface area contributed by atoms with Gasteiger partial charge in [0, 0.05) is 12.8 Å². The molecule has 0 rings (SSSR count). The minimum absolute atomic E-state index is 0.483. The van der Waals surface area contributed by atoms with E-state index < -0.39 is 0 Å². The van der Waals surface area contributed by atoms with E-state index in [-0.39, 0.29) is 0 Å². The summed E-state index contributed by atoms with van der Waals surface area (Å²) in [5.41, 5.74) is 0. The van der Waals surface area contributed by atoms with Gasteiger partial charge in [0.1, 0.15) is 0 Å². The number of nitrogens with zero attached hydrogens (tertiary/aromatic N) is 1. The van der Waals surface area contributed by atoms with E-state index in [1.165, 1.54) is 0 Å². The predicted molar refractivity (Wildman–Crippen MR) is 23.7 cm³/mol. The normalized spacial score (nSPS) is 5.67. The van der Waals surface area contributed by atoms with Gasteiger partial charge in [-0.3, -0.25) is 0 Å². The van der Waals surface area contributed by atoms with E-state index in [4.69, 9.17) is 11.7 Å². The summed E-state index contributed by atoms with van der Waals surface area (Å²) in [7, 11) is 0. The zero-order chi connectivity index (χ0) is 4.83. The molecule has 0 bridgehead atoms. The Morgan fingerprint density at radius 1 is 1.50 bits per heavy atom. The van der Waals surface area contributed by atoms with Gasteiger partial charge in [0.25, 0.3) is 0 Å². The maximum atomic E-state index is 7.85. The first-order valence-corrected chi connectivity index (χ1v) is 1.72. The average molecular weight is 79.1 g/mol. The number of rotatable bonds is 1. The van der Waals surface area contributed by atoms with Gasteiger partial charge in [-0.1, -0.05) is 0 Å². The van der Waals surface area contributed by atoms with Crippen LogP contribution in [0.1, 0.15) is 12.8 Å². The first-order valence-electron chi connectivity index (χ1n) is 1.72. The minimum atomic E-state index is 0.483. The van der Waals surface area contributed by atoms with Gasteiger partial charge in [-0.25, -0.2) is 0 Å². The van der Waals surface area contributed by atoms with E-state index in [1.807, 2.05) is 6.07 Å². The summed E-state index contributed by atoms with van der Waals surface area (Å²) < 4.78 is 0. The van der Waals surface area contributed by atoms with Crippen LogP contribution in [-0.4, -0.2) is 0 Å². The van der Waals surface area contributed by atoms with Crippen molar-refractivity contribution in [2.45, 2.75) is 12.8 Å². The van der Waals surface area contributed by atoms with Gasteiger partial charge in [-0.15, -0.1) is 12.3 Å². The van der Waals surface area contributed by atoms with Gasteiger partial charge in [0.15, 0.2) is 0 Å². The van der Waals surface area contributed by atoms with Crippen LogP contribution in [-0.2, 0) is 0 Å². The Labute approximate surface area is 37.6 Å². The number of hydrogen-bond donors (Lipinski definition) is 0. The third-order valence-electron chi connectivity index (χ3n) is 0.381. The molecule has 0 aromatic heterocycles. The molecule has 0 atom stereocenters. The first-order chi connectivity index (χ1) is 2.91. The fourth-order valence-electron chi connectivity index (χ4n) is 0.128. The molecule has 0 aliphatic heterocycles. The molecule has 0 radical (unpaired) electrons. The van der Waals surface area contributed by atoms with Gasteiger partial charge >= 0.3 is 0 Å². The summed E-state index contributed by atoms with van der Waals surface area (Å²) >= 11 is 0. The Kier molecular flexibility index (Phi) is 3.41. The average Bonchev–Trinajstić information content (AvgIpc) is 1.61. The quantitative estimate of drug-likeness (QED) is 0.338. The van der Waals surface area contributed by atoms with Crippen molar-refractivity contribution in [1.29, 1.82) is 5.26 Å². The second kappa shape index (κ2) is 4.05. The molecule has 0 amide bonds. The Morgan fingerprint density at radius 2 is 2.17 bits per heavy atom. The SMILES string of the molecule is C#CCCC#N. The van der Waals surface area contributed by atoms with Crippen molar-refractivity contribution in [3.63, 3.8) is 0 Å². The van der Waals surface area contributed by atoms with Crippen LogP contribution < -0.4 is 0 Å². The fourth-order valence-corrected chi connectivity index (χ4v) is 0.128. The van der Waals surface area contributed by atoms with Crippen molar-refractivity contribution < 1.29 is 0 Å². The molecule has 0 aromatic rings. The highest BCUT2D eigenvalue weighted by atomic mass is 14.2. The van der Waals surface area contributed by atoms with Crippen LogP contribution in [0.4, 0.5) is 0 Å². The number of hydrogen-bond acceptors (Lipinski definition) is 1. The van der Waals surface area contributed by atoms with E-state index >= 15 is 0 Å². The van der Waals surface area contributed by atoms with E-state index in [9.17, 15) is 0 Å². The zero-order valence-electron chi connectivity index (χ0n) is 3.44. The van der Waals surface area contributed by atoms with E-state index in [0.717, 1.165) is 0 Å². The summed E-state index contributed by atoms with van der Waals surface area (Å²) in [5.74, 6) is 2.35. The highest BCUT2D eigenvalue weighted by Crippen LogP contribution is 1.78. The van der Waals surface area contributed by atoms with Crippen LogP contribution in [0.15, 0.2) is 0 Å². The lowest BCUT2D eigenvalue weighted by Crippen LogP contribution is -1.58. The minimum Gasteiger partial charge on any atom is -0.198 e.